The van der Waals surface area contributed by atoms with Gasteiger partial charge in [-0.3, -0.25) is 4.79 Å². The van der Waals surface area contributed by atoms with Crippen LogP contribution in [0.2, 0.25) is 0 Å². The van der Waals surface area contributed by atoms with Gasteiger partial charge in [-0.1, -0.05) is 12.2 Å². The van der Waals surface area contributed by atoms with E-state index in [0.29, 0.717) is 35.7 Å². The van der Waals surface area contributed by atoms with Gasteiger partial charge in [0.2, 0.25) is 0 Å². The van der Waals surface area contributed by atoms with Crippen LogP contribution in [0.3, 0.4) is 0 Å². The highest BCUT2D eigenvalue weighted by Crippen LogP contribution is 2.41. The topological polar surface area (TPSA) is 38.8 Å². The Bertz CT molecular complexity index is 549. The molecule has 0 aromatic carbocycles. The molecule has 0 N–H and O–H groups in total. The van der Waals surface area contributed by atoms with Crippen molar-refractivity contribution in [3.8, 4) is 11.5 Å². The molecule has 3 heterocycles. The highest BCUT2D eigenvalue weighted by atomic mass is 32.1. The molecule has 2 atom stereocenters. The predicted octanol–water partition coefficient (Wildman–Crippen LogP) is 2.56. The van der Waals surface area contributed by atoms with Crippen LogP contribution in [0.25, 0.3) is 0 Å². The fourth-order valence-electron chi connectivity index (χ4n) is 3.33. The van der Waals surface area contributed by atoms with Gasteiger partial charge < -0.3 is 14.4 Å². The standard InChI is InChI=1S/C15H17NO3S/c17-15(14-13-12(9-20-14)18-5-6-19-13)16-7-10-3-1-2-4-11(10)8-16/h1-2,9-11H,3-8H2/t10-,11+. The molecule has 1 fully saturated rings. The summed E-state index contributed by atoms with van der Waals surface area (Å²) in [4.78, 5) is 15.4. The maximum atomic E-state index is 12.7. The monoisotopic (exact) mass is 291 g/mol. The molecular formula is C15H17NO3S. The summed E-state index contributed by atoms with van der Waals surface area (Å²) < 4.78 is 11.1. The van der Waals surface area contributed by atoms with Gasteiger partial charge >= 0.3 is 0 Å². The Hall–Kier alpha value is -1.49. The minimum Gasteiger partial charge on any atom is -0.485 e. The normalized spacial score (nSPS) is 27.5. The van der Waals surface area contributed by atoms with Crippen molar-refractivity contribution >= 4 is 17.2 Å². The first-order valence-corrected chi connectivity index (χ1v) is 8.02. The third-order valence-electron chi connectivity index (χ3n) is 4.40. The summed E-state index contributed by atoms with van der Waals surface area (Å²) in [6.45, 7) is 2.85. The number of carbonyl (C=O) groups excluding carboxylic acids is 1. The molecule has 0 saturated carbocycles. The summed E-state index contributed by atoms with van der Waals surface area (Å²) in [5, 5.41) is 1.88. The number of carbonyl (C=O) groups is 1. The molecule has 1 aromatic rings. The number of ether oxygens (including phenoxy) is 2. The van der Waals surface area contributed by atoms with Crippen LogP contribution in [0, 0.1) is 11.8 Å². The Morgan fingerprint density at radius 3 is 2.60 bits per heavy atom. The van der Waals surface area contributed by atoms with Crippen molar-refractivity contribution in [3.05, 3.63) is 22.4 Å². The molecular weight excluding hydrogens is 274 g/mol. The Balaban J connectivity index is 1.55. The van der Waals surface area contributed by atoms with Crippen LogP contribution in [-0.2, 0) is 0 Å². The molecule has 0 radical (unpaired) electrons. The van der Waals surface area contributed by atoms with E-state index in [1.807, 2.05) is 10.3 Å². The van der Waals surface area contributed by atoms with E-state index in [9.17, 15) is 4.79 Å². The Morgan fingerprint density at radius 2 is 1.85 bits per heavy atom. The zero-order chi connectivity index (χ0) is 13.5. The summed E-state index contributed by atoms with van der Waals surface area (Å²) >= 11 is 1.44. The van der Waals surface area contributed by atoms with E-state index in [4.69, 9.17) is 9.47 Å². The van der Waals surface area contributed by atoms with Gasteiger partial charge in [0.05, 0.1) is 0 Å². The van der Waals surface area contributed by atoms with Crippen molar-refractivity contribution in [1.29, 1.82) is 0 Å². The number of hydrogen-bond donors (Lipinski definition) is 0. The van der Waals surface area contributed by atoms with E-state index < -0.39 is 0 Å². The quantitative estimate of drug-likeness (QED) is 0.746. The lowest BCUT2D eigenvalue weighted by molar-refractivity contribution is 0.0780. The third kappa shape index (κ3) is 1.92. The molecule has 20 heavy (non-hydrogen) atoms. The summed E-state index contributed by atoms with van der Waals surface area (Å²) in [7, 11) is 0. The van der Waals surface area contributed by atoms with Crippen LogP contribution in [0.1, 0.15) is 22.5 Å². The first kappa shape index (κ1) is 12.3. The summed E-state index contributed by atoms with van der Waals surface area (Å²) in [6.07, 6.45) is 6.71. The van der Waals surface area contributed by atoms with Crippen LogP contribution >= 0.6 is 11.3 Å². The highest BCUT2D eigenvalue weighted by Gasteiger charge is 2.37. The number of rotatable bonds is 1. The van der Waals surface area contributed by atoms with Crippen LogP contribution < -0.4 is 9.47 Å². The van der Waals surface area contributed by atoms with Crippen molar-refractivity contribution in [3.63, 3.8) is 0 Å². The van der Waals surface area contributed by atoms with Crippen molar-refractivity contribution in [1.82, 2.24) is 4.90 Å². The molecule has 1 saturated heterocycles. The minimum atomic E-state index is 0.108. The largest absolute Gasteiger partial charge is 0.485 e. The molecule has 1 aliphatic carbocycles. The van der Waals surface area contributed by atoms with Crippen molar-refractivity contribution in [2.45, 2.75) is 12.8 Å². The highest BCUT2D eigenvalue weighted by molar-refractivity contribution is 7.12. The average molecular weight is 291 g/mol. The molecule has 1 aromatic heterocycles. The molecule has 0 bridgehead atoms. The molecule has 0 spiro atoms. The molecule has 1 amide bonds. The molecule has 4 nitrogen and oxygen atoms in total. The zero-order valence-corrected chi connectivity index (χ0v) is 12.0. The SMILES string of the molecule is O=C(c1scc2c1OCCO2)N1C[C@H]2CC=CC[C@H]2C1. The van der Waals surface area contributed by atoms with E-state index >= 15 is 0 Å². The number of likely N-dealkylation sites (tertiary alicyclic amines) is 1. The lowest BCUT2D eigenvalue weighted by Gasteiger charge is -2.19. The average Bonchev–Trinajstić information content (AvgIpc) is 3.10. The van der Waals surface area contributed by atoms with Gasteiger partial charge in [0, 0.05) is 18.5 Å². The summed E-state index contributed by atoms with van der Waals surface area (Å²) in [5.41, 5.74) is 0. The predicted molar refractivity (Wildman–Crippen MR) is 76.6 cm³/mol. The van der Waals surface area contributed by atoms with E-state index in [0.717, 1.165) is 31.7 Å². The number of thiophene rings is 1. The Labute approximate surface area is 122 Å². The third-order valence-corrected chi connectivity index (χ3v) is 5.33. The summed E-state index contributed by atoms with van der Waals surface area (Å²) in [5.74, 6) is 2.76. The number of allylic oxidation sites excluding steroid dienone is 2. The van der Waals surface area contributed by atoms with Crippen molar-refractivity contribution in [2.24, 2.45) is 11.8 Å². The van der Waals surface area contributed by atoms with Crippen LogP contribution in [0.5, 0.6) is 11.5 Å². The molecule has 2 aliphatic heterocycles. The van der Waals surface area contributed by atoms with Gasteiger partial charge in [0.1, 0.15) is 18.1 Å². The van der Waals surface area contributed by atoms with Crippen LogP contribution in [0.4, 0.5) is 0 Å². The molecule has 0 unspecified atom stereocenters. The number of fused-ring (bicyclic) bond motifs is 2. The lowest BCUT2D eigenvalue weighted by Crippen LogP contribution is -2.29. The Kier molecular flexibility index (Phi) is 2.95. The van der Waals surface area contributed by atoms with Gasteiger partial charge in [-0.2, -0.15) is 0 Å². The first-order chi connectivity index (χ1) is 9.83. The maximum Gasteiger partial charge on any atom is 0.267 e. The second-order valence-corrected chi connectivity index (χ2v) is 6.51. The second-order valence-electron chi connectivity index (χ2n) is 5.63. The Morgan fingerprint density at radius 1 is 1.15 bits per heavy atom. The lowest BCUT2D eigenvalue weighted by atomic mass is 9.86. The second kappa shape index (κ2) is 4.81. The van der Waals surface area contributed by atoms with Crippen molar-refractivity contribution in [2.75, 3.05) is 26.3 Å². The van der Waals surface area contributed by atoms with Gasteiger partial charge in [-0.15, -0.1) is 11.3 Å². The van der Waals surface area contributed by atoms with Gasteiger partial charge in [0.25, 0.3) is 5.91 Å². The summed E-state index contributed by atoms with van der Waals surface area (Å²) in [6, 6.07) is 0. The minimum absolute atomic E-state index is 0.108. The maximum absolute atomic E-state index is 12.7. The van der Waals surface area contributed by atoms with Gasteiger partial charge in [-0.05, 0) is 24.7 Å². The van der Waals surface area contributed by atoms with E-state index in [-0.39, 0.29) is 5.91 Å². The van der Waals surface area contributed by atoms with Crippen LogP contribution in [-0.4, -0.2) is 37.1 Å². The number of amides is 1. The first-order valence-electron chi connectivity index (χ1n) is 7.14. The molecule has 3 aliphatic rings. The van der Waals surface area contributed by atoms with E-state index in [1.165, 1.54) is 11.3 Å². The van der Waals surface area contributed by atoms with Gasteiger partial charge in [0.15, 0.2) is 11.5 Å². The molecule has 106 valence electrons. The number of hydrogen-bond acceptors (Lipinski definition) is 4. The van der Waals surface area contributed by atoms with Gasteiger partial charge in [-0.25, -0.2) is 0 Å². The molecule has 5 heteroatoms. The van der Waals surface area contributed by atoms with Crippen LogP contribution in [0.15, 0.2) is 17.5 Å². The van der Waals surface area contributed by atoms with E-state index in [2.05, 4.69) is 12.2 Å². The van der Waals surface area contributed by atoms with Crippen molar-refractivity contribution < 1.29 is 14.3 Å². The smallest absolute Gasteiger partial charge is 0.267 e. The van der Waals surface area contributed by atoms with E-state index in [1.54, 1.807) is 0 Å². The fraction of sp³-hybridized carbons (Fsp3) is 0.533. The fourth-order valence-corrected chi connectivity index (χ4v) is 4.23. The molecule has 4 rings (SSSR count). The zero-order valence-electron chi connectivity index (χ0n) is 11.2. The number of nitrogens with zero attached hydrogens (tertiary/aromatic N) is 1.